The lowest BCUT2D eigenvalue weighted by Crippen LogP contribution is -2.48. The number of fused-ring (bicyclic) bond motifs is 1. The Bertz CT molecular complexity index is 1640. The van der Waals surface area contributed by atoms with Gasteiger partial charge in [0, 0.05) is 11.1 Å². The molecule has 0 radical (unpaired) electrons. The van der Waals surface area contributed by atoms with Crippen molar-refractivity contribution in [3.63, 3.8) is 0 Å². The molecule has 0 spiro atoms. The van der Waals surface area contributed by atoms with E-state index in [1.807, 2.05) is 31.2 Å². The highest BCUT2D eigenvalue weighted by Crippen LogP contribution is 2.39. The summed E-state index contributed by atoms with van der Waals surface area (Å²) in [6.07, 6.45) is 0.944. The Morgan fingerprint density at radius 2 is 1.76 bits per heavy atom. The van der Waals surface area contributed by atoms with Gasteiger partial charge in [0.1, 0.15) is 11.5 Å². The third-order valence-electron chi connectivity index (χ3n) is 7.06. The molecule has 188 valence electrons. The van der Waals surface area contributed by atoms with Crippen molar-refractivity contribution in [1.29, 1.82) is 0 Å². The molecule has 1 N–H and O–H groups in total. The van der Waals surface area contributed by atoms with E-state index < -0.39 is 22.0 Å². The number of ether oxygens (including phenoxy) is 2. The molecule has 0 saturated carbocycles. The summed E-state index contributed by atoms with van der Waals surface area (Å²) in [4.78, 5) is 13.6. The number of amides is 1. The molecule has 4 aromatic rings. The molecule has 0 fully saturated rings. The lowest BCUT2D eigenvalue weighted by Gasteiger charge is -2.35. The van der Waals surface area contributed by atoms with Crippen LogP contribution in [0.1, 0.15) is 16.7 Å². The lowest BCUT2D eigenvalue weighted by molar-refractivity contribution is -0.122. The molecule has 1 amide bonds. The van der Waals surface area contributed by atoms with E-state index >= 15 is 0 Å². The highest BCUT2D eigenvalue weighted by molar-refractivity contribution is 7.92. The molecule has 1 atom stereocenters. The van der Waals surface area contributed by atoms with Crippen LogP contribution in [-0.4, -0.2) is 34.1 Å². The quantitative estimate of drug-likeness (QED) is 0.412. The van der Waals surface area contributed by atoms with Crippen LogP contribution in [0.5, 0.6) is 11.5 Å². The maximum absolute atomic E-state index is 13.7. The van der Waals surface area contributed by atoms with E-state index in [0.717, 1.165) is 23.8 Å². The van der Waals surface area contributed by atoms with Crippen molar-refractivity contribution in [2.45, 2.75) is 30.8 Å². The summed E-state index contributed by atoms with van der Waals surface area (Å²) in [5.74, 6) is 0.504. The molecule has 0 unspecified atom stereocenters. The summed E-state index contributed by atoms with van der Waals surface area (Å²) in [5, 5.41) is 5.18. The van der Waals surface area contributed by atoms with Crippen molar-refractivity contribution < 1.29 is 22.7 Å². The maximum Gasteiger partial charge on any atom is 0.267 e. The Morgan fingerprint density at radius 3 is 2.51 bits per heavy atom. The molecule has 7 nitrogen and oxygen atoms in total. The lowest BCUT2D eigenvalue weighted by atomic mass is 10.0. The number of benzene rings is 4. The molecule has 2 aliphatic rings. The van der Waals surface area contributed by atoms with Crippen molar-refractivity contribution in [2.24, 2.45) is 0 Å². The van der Waals surface area contributed by atoms with Gasteiger partial charge in [0.05, 0.1) is 24.2 Å². The molecule has 1 aliphatic heterocycles. The minimum Gasteiger partial charge on any atom is -0.497 e. The second kappa shape index (κ2) is 8.81. The van der Waals surface area contributed by atoms with Crippen LogP contribution in [-0.2, 0) is 27.7 Å². The third-order valence-corrected chi connectivity index (χ3v) is 8.85. The van der Waals surface area contributed by atoms with Crippen molar-refractivity contribution in [3.8, 4) is 11.5 Å². The van der Waals surface area contributed by atoms with Crippen LogP contribution < -0.4 is 19.1 Å². The number of carbonyl (C=O) groups is 1. The topological polar surface area (TPSA) is 84.9 Å². The van der Waals surface area contributed by atoms with Gasteiger partial charge in [-0.25, -0.2) is 8.42 Å². The molecule has 8 heteroatoms. The van der Waals surface area contributed by atoms with Gasteiger partial charge in [-0.3, -0.25) is 9.10 Å². The first kappa shape index (κ1) is 23.4. The van der Waals surface area contributed by atoms with E-state index in [2.05, 4.69) is 17.4 Å². The fourth-order valence-electron chi connectivity index (χ4n) is 5.17. The predicted molar refractivity (Wildman–Crippen MR) is 143 cm³/mol. The highest BCUT2D eigenvalue weighted by Gasteiger charge is 2.38. The average molecular weight is 515 g/mol. The molecule has 0 saturated heterocycles. The monoisotopic (exact) mass is 514 g/mol. The number of methoxy groups -OCH3 is 1. The van der Waals surface area contributed by atoms with Crippen LogP contribution in [0.25, 0.3) is 10.8 Å². The first-order valence-electron chi connectivity index (χ1n) is 12.1. The summed E-state index contributed by atoms with van der Waals surface area (Å²) in [6, 6.07) is 21.6. The van der Waals surface area contributed by atoms with Gasteiger partial charge in [-0.1, -0.05) is 30.3 Å². The van der Waals surface area contributed by atoms with Gasteiger partial charge >= 0.3 is 0 Å². The Kier molecular flexibility index (Phi) is 5.56. The third kappa shape index (κ3) is 3.97. The van der Waals surface area contributed by atoms with Gasteiger partial charge < -0.3 is 14.8 Å². The number of sulfonamides is 1. The second-order valence-corrected chi connectivity index (χ2v) is 11.3. The fraction of sp³-hybridized carbons (Fsp3) is 0.207. The van der Waals surface area contributed by atoms with Gasteiger partial charge in [0.2, 0.25) is 0 Å². The van der Waals surface area contributed by atoms with Gasteiger partial charge in [-0.15, -0.1) is 0 Å². The Morgan fingerprint density at radius 1 is 1.00 bits per heavy atom. The Labute approximate surface area is 215 Å². The molecule has 0 aromatic heterocycles. The minimum atomic E-state index is -3.97. The predicted octanol–water partition coefficient (Wildman–Crippen LogP) is 4.85. The second-order valence-electron chi connectivity index (χ2n) is 9.39. The first-order valence-corrected chi connectivity index (χ1v) is 13.6. The summed E-state index contributed by atoms with van der Waals surface area (Å²) >= 11 is 0. The number of anilines is 2. The Balaban J connectivity index is 1.35. The number of rotatable bonds is 5. The van der Waals surface area contributed by atoms with Crippen LogP contribution in [0.15, 0.2) is 77.7 Å². The molecule has 4 aromatic carbocycles. The molecule has 1 aliphatic carbocycles. The standard InChI is InChI=1S/C29H26N2O5S/c1-18-6-15-25-26(16-18)36-27(17-31(25)37(33,34)22-12-10-21(35-2)11-13-22)29(32)30-24-14-9-20-8-7-19-4-3-5-23(24)28(19)20/h3-6,9-16,27H,7-8,17H2,1-2H3,(H,30,32)/t27-/m0/s1. The number of hydrogen-bond donors (Lipinski definition) is 1. The largest absolute Gasteiger partial charge is 0.497 e. The van der Waals surface area contributed by atoms with Crippen LogP contribution in [0.2, 0.25) is 0 Å². The molecule has 0 bridgehead atoms. The number of aryl methyl sites for hydroxylation is 3. The number of carbonyl (C=O) groups excluding carboxylic acids is 1. The first-order chi connectivity index (χ1) is 17.8. The summed E-state index contributed by atoms with van der Waals surface area (Å²) in [5.41, 5.74) is 4.54. The van der Waals surface area contributed by atoms with Crippen molar-refractivity contribution in [2.75, 3.05) is 23.3 Å². The van der Waals surface area contributed by atoms with Crippen LogP contribution in [0.3, 0.4) is 0 Å². The van der Waals surface area contributed by atoms with E-state index in [9.17, 15) is 13.2 Å². The van der Waals surface area contributed by atoms with Crippen LogP contribution in [0.4, 0.5) is 11.4 Å². The fourth-order valence-corrected chi connectivity index (χ4v) is 6.65. The van der Waals surface area contributed by atoms with E-state index in [1.165, 1.54) is 40.1 Å². The van der Waals surface area contributed by atoms with E-state index in [4.69, 9.17) is 9.47 Å². The smallest absolute Gasteiger partial charge is 0.267 e. The highest BCUT2D eigenvalue weighted by atomic mass is 32.2. The van der Waals surface area contributed by atoms with Crippen molar-refractivity contribution in [1.82, 2.24) is 0 Å². The van der Waals surface area contributed by atoms with Gasteiger partial charge in [-0.2, -0.15) is 0 Å². The summed E-state index contributed by atoms with van der Waals surface area (Å²) in [7, 11) is -2.45. The molecular formula is C29H26N2O5S. The van der Waals surface area contributed by atoms with Crippen molar-refractivity contribution >= 4 is 38.1 Å². The van der Waals surface area contributed by atoms with E-state index in [1.54, 1.807) is 24.3 Å². The van der Waals surface area contributed by atoms with Gasteiger partial charge in [0.25, 0.3) is 15.9 Å². The average Bonchev–Trinajstić information content (AvgIpc) is 3.34. The minimum absolute atomic E-state index is 0.105. The van der Waals surface area contributed by atoms with E-state index in [-0.39, 0.29) is 11.4 Å². The molecule has 1 heterocycles. The van der Waals surface area contributed by atoms with Crippen LogP contribution in [0, 0.1) is 6.92 Å². The Hall–Kier alpha value is -4.04. The number of nitrogens with zero attached hydrogens (tertiary/aromatic N) is 1. The molecular weight excluding hydrogens is 488 g/mol. The number of hydrogen-bond acceptors (Lipinski definition) is 5. The SMILES string of the molecule is COc1ccc(S(=O)(=O)N2C[C@@H](C(=O)Nc3ccc4c5c(cccc35)CC4)Oc3cc(C)ccc32)cc1. The van der Waals surface area contributed by atoms with E-state index in [0.29, 0.717) is 22.9 Å². The zero-order valence-corrected chi connectivity index (χ0v) is 21.3. The van der Waals surface area contributed by atoms with Gasteiger partial charge in [0.15, 0.2) is 6.10 Å². The van der Waals surface area contributed by atoms with Crippen LogP contribution >= 0.6 is 0 Å². The summed E-state index contributed by atoms with van der Waals surface area (Å²) < 4.78 is 39.9. The summed E-state index contributed by atoms with van der Waals surface area (Å²) in [6.45, 7) is 1.74. The zero-order chi connectivity index (χ0) is 25.7. The molecule has 37 heavy (non-hydrogen) atoms. The molecule has 6 rings (SSSR count). The van der Waals surface area contributed by atoms with Crippen molar-refractivity contribution in [3.05, 3.63) is 89.5 Å². The normalized spacial score (nSPS) is 16.3. The number of nitrogens with one attached hydrogen (secondary N) is 1. The maximum atomic E-state index is 13.7. The zero-order valence-electron chi connectivity index (χ0n) is 20.5. The van der Waals surface area contributed by atoms with Gasteiger partial charge in [-0.05, 0) is 84.3 Å².